The minimum atomic E-state index is -1.15. The number of rotatable bonds is 12. The summed E-state index contributed by atoms with van der Waals surface area (Å²) in [6.07, 6.45) is 1.47. The molecule has 0 aromatic rings. The highest BCUT2D eigenvalue weighted by Gasteiger charge is 2.28. The summed E-state index contributed by atoms with van der Waals surface area (Å²) < 4.78 is 0. The van der Waals surface area contributed by atoms with Crippen molar-refractivity contribution in [2.24, 2.45) is 17.4 Å². The molecule has 0 fully saturated rings. The maximum absolute atomic E-state index is 12.3. The maximum Gasteiger partial charge on any atom is 0.326 e. The van der Waals surface area contributed by atoms with E-state index in [1.165, 1.54) is 6.92 Å². The zero-order chi connectivity index (χ0) is 20.3. The summed E-state index contributed by atoms with van der Waals surface area (Å²) in [4.78, 5) is 47.1. The highest BCUT2D eigenvalue weighted by molar-refractivity contribution is 5.93. The molecule has 0 aromatic carbocycles. The van der Waals surface area contributed by atoms with Gasteiger partial charge in [-0.25, -0.2) is 4.79 Å². The second-order valence-corrected chi connectivity index (χ2v) is 6.41. The highest BCUT2D eigenvalue weighted by atomic mass is 16.4. The number of aliphatic carboxylic acids is 1. The van der Waals surface area contributed by atoms with E-state index < -0.39 is 41.8 Å². The van der Waals surface area contributed by atoms with Crippen molar-refractivity contribution in [3.63, 3.8) is 0 Å². The average molecular weight is 373 g/mol. The maximum atomic E-state index is 12.3. The van der Waals surface area contributed by atoms with Crippen LogP contribution in [0.25, 0.3) is 0 Å². The first-order valence-corrected chi connectivity index (χ1v) is 8.67. The Morgan fingerprint density at radius 2 is 1.54 bits per heavy atom. The molecular weight excluding hydrogens is 342 g/mol. The molecule has 0 aliphatic heterocycles. The first-order valence-electron chi connectivity index (χ1n) is 8.67. The van der Waals surface area contributed by atoms with Crippen LogP contribution in [0.4, 0.5) is 0 Å². The van der Waals surface area contributed by atoms with Crippen LogP contribution in [0.3, 0.4) is 0 Å². The molecule has 0 heterocycles. The zero-order valence-corrected chi connectivity index (χ0v) is 15.6. The van der Waals surface area contributed by atoms with Crippen molar-refractivity contribution in [1.82, 2.24) is 16.0 Å². The van der Waals surface area contributed by atoms with Gasteiger partial charge < -0.3 is 32.5 Å². The van der Waals surface area contributed by atoms with E-state index >= 15 is 0 Å². The van der Waals surface area contributed by atoms with Gasteiger partial charge in [0.1, 0.15) is 18.1 Å². The molecular formula is C16H31N5O5. The third-order valence-corrected chi connectivity index (χ3v) is 3.76. The van der Waals surface area contributed by atoms with Crippen LogP contribution in [0.1, 0.15) is 40.0 Å². The lowest BCUT2D eigenvalue weighted by Crippen LogP contribution is -2.56. The first-order chi connectivity index (χ1) is 12.1. The van der Waals surface area contributed by atoms with E-state index in [4.69, 9.17) is 11.5 Å². The SMILES string of the molecule is CC(NC(=O)C(NC(=O)CN)C(C)C)C(=O)NC(CCCCN)C(=O)O. The number of nitrogens with two attached hydrogens (primary N) is 2. The van der Waals surface area contributed by atoms with Crippen molar-refractivity contribution in [2.45, 2.75) is 58.2 Å². The highest BCUT2D eigenvalue weighted by Crippen LogP contribution is 2.04. The van der Waals surface area contributed by atoms with E-state index in [1.807, 2.05) is 0 Å². The van der Waals surface area contributed by atoms with E-state index in [0.29, 0.717) is 19.4 Å². The Balaban J connectivity index is 4.76. The van der Waals surface area contributed by atoms with Gasteiger partial charge in [0, 0.05) is 0 Å². The van der Waals surface area contributed by atoms with Crippen LogP contribution in [0.5, 0.6) is 0 Å². The van der Waals surface area contributed by atoms with E-state index in [-0.39, 0.29) is 18.9 Å². The summed E-state index contributed by atoms with van der Waals surface area (Å²) in [5.41, 5.74) is 10.6. The van der Waals surface area contributed by atoms with Gasteiger partial charge in [0.25, 0.3) is 0 Å². The number of carbonyl (C=O) groups is 4. The number of carbonyl (C=O) groups excluding carboxylic acids is 3. The molecule has 0 saturated heterocycles. The van der Waals surface area contributed by atoms with E-state index in [9.17, 15) is 24.3 Å². The third-order valence-electron chi connectivity index (χ3n) is 3.76. The molecule has 0 saturated carbocycles. The molecule has 26 heavy (non-hydrogen) atoms. The normalized spacial score (nSPS) is 14.2. The lowest BCUT2D eigenvalue weighted by Gasteiger charge is -2.24. The monoisotopic (exact) mass is 373 g/mol. The van der Waals surface area contributed by atoms with Crippen LogP contribution >= 0.6 is 0 Å². The van der Waals surface area contributed by atoms with Crippen LogP contribution in [-0.4, -0.2) is 60.0 Å². The number of amides is 3. The molecule has 0 rings (SSSR count). The fourth-order valence-corrected chi connectivity index (χ4v) is 2.18. The van der Waals surface area contributed by atoms with Gasteiger partial charge in [-0.15, -0.1) is 0 Å². The number of carboxylic acids is 1. The molecule has 0 bridgehead atoms. The van der Waals surface area contributed by atoms with Gasteiger partial charge in [0.15, 0.2) is 0 Å². The third kappa shape index (κ3) is 8.77. The summed E-state index contributed by atoms with van der Waals surface area (Å²) in [6.45, 7) is 5.11. The van der Waals surface area contributed by atoms with Gasteiger partial charge in [0.2, 0.25) is 17.7 Å². The lowest BCUT2D eigenvalue weighted by molar-refractivity contribution is -0.142. The summed E-state index contributed by atoms with van der Waals surface area (Å²) in [5.74, 6) is -3.01. The average Bonchev–Trinajstić information content (AvgIpc) is 2.57. The van der Waals surface area contributed by atoms with Gasteiger partial charge in [-0.3, -0.25) is 14.4 Å². The number of nitrogens with one attached hydrogen (secondary N) is 3. The summed E-state index contributed by atoms with van der Waals surface area (Å²) >= 11 is 0. The fourth-order valence-electron chi connectivity index (χ4n) is 2.18. The van der Waals surface area contributed by atoms with Crippen molar-refractivity contribution in [2.75, 3.05) is 13.1 Å². The molecule has 0 aliphatic rings. The number of unbranched alkanes of at least 4 members (excludes halogenated alkanes) is 1. The summed E-state index contributed by atoms with van der Waals surface area (Å²) in [5, 5.41) is 16.6. The van der Waals surface area contributed by atoms with Crippen molar-refractivity contribution < 1.29 is 24.3 Å². The molecule has 0 aliphatic carbocycles. The van der Waals surface area contributed by atoms with E-state index in [0.717, 1.165) is 0 Å². The summed E-state index contributed by atoms with van der Waals surface area (Å²) in [6, 6.07) is -2.86. The number of hydrogen-bond donors (Lipinski definition) is 6. The van der Waals surface area contributed by atoms with Crippen LogP contribution in [0, 0.1) is 5.92 Å². The molecule has 0 radical (unpaired) electrons. The standard InChI is InChI=1S/C16H31N5O5/c1-9(2)13(21-12(22)8-18)15(24)19-10(3)14(23)20-11(16(25)26)6-4-5-7-17/h9-11,13H,4-8,17-18H2,1-3H3,(H,19,24)(H,20,23)(H,21,22)(H,25,26). The van der Waals surface area contributed by atoms with Crippen LogP contribution in [-0.2, 0) is 19.2 Å². The number of carboxylic acid groups (broad SMARTS) is 1. The van der Waals surface area contributed by atoms with Crippen LogP contribution < -0.4 is 27.4 Å². The molecule has 10 heteroatoms. The largest absolute Gasteiger partial charge is 0.480 e. The van der Waals surface area contributed by atoms with Gasteiger partial charge in [-0.05, 0) is 38.6 Å². The Morgan fingerprint density at radius 3 is 2.00 bits per heavy atom. The van der Waals surface area contributed by atoms with Gasteiger partial charge in [0.05, 0.1) is 6.54 Å². The number of hydrogen-bond acceptors (Lipinski definition) is 6. The van der Waals surface area contributed by atoms with Crippen LogP contribution in [0.15, 0.2) is 0 Å². The van der Waals surface area contributed by atoms with Crippen molar-refractivity contribution in [3.05, 3.63) is 0 Å². The van der Waals surface area contributed by atoms with Gasteiger partial charge >= 0.3 is 5.97 Å². The quantitative estimate of drug-likeness (QED) is 0.221. The fraction of sp³-hybridized carbons (Fsp3) is 0.750. The molecule has 3 unspecified atom stereocenters. The van der Waals surface area contributed by atoms with Crippen LogP contribution in [0.2, 0.25) is 0 Å². The molecule has 0 spiro atoms. The minimum absolute atomic E-state index is 0.219. The molecule has 10 nitrogen and oxygen atoms in total. The predicted octanol–water partition coefficient (Wildman–Crippen LogP) is -1.71. The Labute approximate surface area is 153 Å². The van der Waals surface area contributed by atoms with Crippen molar-refractivity contribution in [1.29, 1.82) is 0 Å². The molecule has 8 N–H and O–H groups in total. The van der Waals surface area contributed by atoms with Gasteiger partial charge in [-0.1, -0.05) is 13.8 Å². The Kier molecular flexibility index (Phi) is 11.2. The Bertz CT molecular complexity index is 497. The van der Waals surface area contributed by atoms with E-state index in [1.54, 1.807) is 13.8 Å². The molecule has 0 aromatic heterocycles. The molecule has 150 valence electrons. The topological polar surface area (TPSA) is 177 Å². The zero-order valence-electron chi connectivity index (χ0n) is 15.6. The predicted molar refractivity (Wildman–Crippen MR) is 95.9 cm³/mol. The first kappa shape index (κ1) is 23.8. The Morgan fingerprint density at radius 1 is 0.923 bits per heavy atom. The van der Waals surface area contributed by atoms with Crippen molar-refractivity contribution in [3.8, 4) is 0 Å². The second kappa shape index (κ2) is 12.2. The summed E-state index contributed by atoms with van der Waals surface area (Å²) in [7, 11) is 0. The minimum Gasteiger partial charge on any atom is -0.480 e. The molecule has 3 amide bonds. The Hall–Kier alpha value is -2.20. The van der Waals surface area contributed by atoms with Gasteiger partial charge in [-0.2, -0.15) is 0 Å². The smallest absolute Gasteiger partial charge is 0.326 e. The van der Waals surface area contributed by atoms with E-state index in [2.05, 4.69) is 16.0 Å². The molecule has 3 atom stereocenters. The lowest BCUT2D eigenvalue weighted by atomic mass is 10.0. The second-order valence-electron chi connectivity index (χ2n) is 6.41. The van der Waals surface area contributed by atoms with Crippen molar-refractivity contribution >= 4 is 23.7 Å².